The smallest absolute Gasteiger partial charge is 0.251 e. The highest BCUT2D eigenvalue weighted by molar-refractivity contribution is 6.01. The van der Waals surface area contributed by atoms with Gasteiger partial charge in [0.1, 0.15) is 0 Å². The monoisotopic (exact) mass is 501 g/mol. The van der Waals surface area contributed by atoms with E-state index < -0.39 is 0 Å². The molecule has 3 fully saturated rings. The molecule has 0 unspecified atom stereocenters. The van der Waals surface area contributed by atoms with Crippen molar-refractivity contribution in [2.24, 2.45) is 0 Å². The minimum atomic E-state index is 0.0127. The number of likely N-dealkylation sites (tertiary alicyclic amines) is 1. The second kappa shape index (κ2) is 10.8. The zero-order valence-corrected chi connectivity index (χ0v) is 21.8. The van der Waals surface area contributed by atoms with Crippen LogP contribution in [0.15, 0.2) is 42.5 Å². The van der Waals surface area contributed by atoms with E-state index in [1.54, 1.807) is 0 Å². The Balaban J connectivity index is 1.19. The lowest BCUT2D eigenvalue weighted by Gasteiger charge is -2.48. The molecule has 196 valence electrons. The summed E-state index contributed by atoms with van der Waals surface area (Å²) >= 11 is 0. The first-order valence-corrected chi connectivity index (χ1v) is 14.2. The van der Waals surface area contributed by atoms with Crippen LogP contribution in [0.1, 0.15) is 61.7 Å². The minimum absolute atomic E-state index is 0.0127. The number of anilines is 1. The van der Waals surface area contributed by atoms with Crippen LogP contribution in [0.4, 0.5) is 5.69 Å². The van der Waals surface area contributed by atoms with Gasteiger partial charge in [0.2, 0.25) is 0 Å². The van der Waals surface area contributed by atoms with E-state index in [0.717, 1.165) is 55.0 Å². The van der Waals surface area contributed by atoms with Crippen LogP contribution in [0.3, 0.4) is 0 Å². The second-order valence-electron chi connectivity index (χ2n) is 11.0. The number of amides is 1. The van der Waals surface area contributed by atoms with Gasteiger partial charge in [0.25, 0.3) is 5.91 Å². The summed E-state index contributed by atoms with van der Waals surface area (Å²) in [4.78, 5) is 18.4. The molecule has 0 radical (unpaired) electrons. The van der Waals surface area contributed by atoms with Crippen LogP contribution in [0.25, 0.3) is 22.2 Å². The lowest BCUT2D eigenvalue weighted by Crippen LogP contribution is -2.58. The van der Waals surface area contributed by atoms with E-state index in [1.807, 2.05) is 18.2 Å². The fourth-order valence-corrected chi connectivity index (χ4v) is 6.56. The molecule has 0 bridgehead atoms. The number of carbonyl (C=O) groups is 1. The molecule has 3 heterocycles. The number of ether oxygens (including phenoxy) is 1. The molecule has 3 aromatic rings. The highest BCUT2D eigenvalue weighted by atomic mass is 16.5. The van der Waals surface area contributed by atoms with Gasteiger partial charge >= 0.3 is 0 Å². The molecule has 7 nitrogen and oxygen atoms in total. The summed E-state index contributed by atoms with van der Waals surface area (Å²) in [6, 6.07) is 14.4. The van der Waals surface area contributed by atoms with Crippen LogP contribution in [0, 0.1) is 0 Å². The summed E-state index contributed by atoms with van der Waals surface area (Å²) < 4.78 is 5.48. The quantitative estimate of drug-likeness (QED) is 0.498. The molecule has 1 saturated carbocycles. The maximum Gasteiger partial charge on any atom is 0.251 e. The Morgan fingerprint density at radius 1 is 0.919 bits per heavy atom. The van der Waals surface area contributed by atoms with Crippen molar-refractivity contribution < 1.29 is 9.53 Å². The highest BCUT2D eigenvalue weighted by Gasteiger charge is 2.38. The van der Waals surface area contributed by atoms with Crippen molar-refractivity contribution in [1.82, 2.24) is 20.4 Å². The third-order valence-corrected chi connectivity index (χ3v) is 8.73. The molecule has 2 aromatic carbocycles. The number of aromatic amines is 1. The van der Waals surface area contributed by atoms with Crippen LogP contribution < -0.4 is 10.2 Å². The number of carbonyl (C=O) groups excluding carboxylic acids is 1. The van der Waals surface area contributed by atoms with Crippen molar-refractivity contribution in [3.63, 3.8) is 0 Å². The van der Waals surface area contributed by atoms with E-state index >= 15 is 0 Å². The molecule has 2 N–H and O–H groups in total. The van der Waals surface area contributed by atoms with E-state index in [2.05, 4.69) is 49.6 Å². The van der Waals surface area contributed by atoms with Gasteiger partial charge in [-0.1, -0.05) is 37.8 Å². The van der Waals surface area contributed by atoms with Gasteiger partial charge < -0.3 is 15.0 Å². The van der Waals surface area contributed by atoms with Crippen molar-refractivity contribution in [2.75, 3.05) is 50.8 Å². The molecular weight excluding hydrogens is 462 g/mol. The zero-order valence-electron chi connectivity index (χ0n) is 21.8. The van der Waals surface area contributed by atoms with Gasteiger partial charge in [-0.3, -0.25) is 14.8 Å². The molecule has 1 aliphatic carbocycles. The SMILES string of the molecule is O=C(NCC1(N2CCCCC2)CCCCC1)c1ccc2[nH]nc(-c3ccc(N4CCOCC4)cc3)c2c1. The van der Waals surface area contributed by atoms with Crippen LogP contribution >= 0.6 is 0 Å². The lowest BCUT2D eigenvalue weighted by molar-refractivity contribution is 0.0327. The normalized spacial score (nSPS) is 20.7. The molecule has 1 aromatic heterocycles. The number of benzene rings is 2. The number of fused-ring (bicyclic) bond motifs is 1. The maximum absolute atomic E-state index is 13.4. The molecule has 37 heavy (non-hydrogen) atoms. The summed E-state index contributed by atoms with van der Waals surface area (Å²) in [5, 5.41) is 12.1. The molecule has 7 heteroatoms. The Morgan fingerprint density at radius 3 is 2.41 bits per heavy atom. The molecule has 0 atom stereocenters. The van der Waals surface area contributed by atoms with Gasteiger partial charge in [-0.2, -0.15) is 5.10 Å². The summed E-state index contributed by atoms with van der Waals surface area (Å²) in [5.74, 6) is 0.0127. The first-order valence-electron chi connectivity index (χ1n) is 14.2. The van der Waals surface area contributed by atoms with Crippen LogP contribution in [-0.2, 0) is 4.74 Å². The van der Waals surface area contributed by atoms with E-state index in [9.17, 15) is 4.79 Å². The molecule has 2 aliphatic heterocycles. The van der Waals surface area contributed by atoms with E-state index in [1.165, 1.54) is 70.1 Å². The van der Waals surface area contributed by atoms with Gasteiger partial charge in [-0.15, -0.1) is 0 Å². The van der Waals surface area contributed by atoms with Crippen LogP contribution in [0.2, 0.25) is 0 Å². The molecule has 3 aliphatic rings. The number of piperidine rings is 1. The number of nitrogens with one attached hydrogen (secondary N) is 2. The fourth-order valence-electron chi connectivity index (χ4n) is 6.56. The van der Waals surface area contributed by atoms with Gasteiger partial charge in [-0.05, 0) is 69.1 Å². The standard InChI is InChI=1S/C30H39N5O2/c36-29(31-22-30(13-3-1-4-14-30)35-15-5-2-6-16-35)24-9-12-27-26(21-24)28(33-32-27)23-7-10-25(11-8-23)34-17-19-37-20-18-34/h7-12,21H,1-6,13-20,22H2,(H,31,36)(H,32,33). The molecule has 0 spiro atoms. The third kappa shape index (κ3) is 5.12. The van der Waals surface area contributed by atoms with Crippen molar-refractivity contribution in [2.45, 2.75) is 56.9 Å². The summed E-state index contributed by atoms with van der Waals surface area (Å²) in [5.41, 5.74) is 4.91. The number of hydrogen-bond donors (Lipinski definition) is 2. The van der Waals surface area contributed by atoms with E-state index in [4.69, 9.17) is 4.74 Å². The number of aromatic nitrogens is 2. The largest absolute Gasteiger partial charge is 0.378 e. The molecular formula is C30H39N5O2. The lowest BCUT2D eigenvalue weighted by atomic mass is 9.79. The Morgan fingerprint density at radius 2 is 1.65 bits per heavy atom. The van der Waals surface area contributed by atoms with Crippen molar-refractivity contribution >= 4 is 22.5 Å². The molecule has 1 amide bonds. The first kappa shape index (κ1) is 24.4. The number of rotatable bonds is 6. The van der Waals surface area contributed by atoms with Gasteiger partial charge in [0, 0.05) is 47.4 Å². The Bertz CT molecular complexity index is 1200. The summed E-state index contributed by atoms with van der Waals surface area (Å²) in [7, 11) is 0. The van der Waals surface area contributed by atoms with Gasteiger partial charge in [0.15, 0.2) is 0 Å². The van der Waals surface area contributed by atoms with E-state index in [0.29, 0.717) is 5.56 Å². The predicted octanol–water partition coefficient (Wildman–Crippen LogP) is 4.99. The zero-order chi connectivity index (χ0) is 25.1. The third-order valence-electron chi connectivity index (χ3n) is 8.73. The highest BCUT2D eigenvalue weighted by Crippen LogP contribution is 2.35. The van der Waals surface area contributed by atoms with Crippen molar-refractivity contribution in [3.05, 3.63) is 48.0 Å². The van der Waals surface area contributed by atoms with Gasteiger partial charge in [-0.25, -0.2) is 0 Å². The predicted molar refractivity (Wildman–Crippen MR) is 148 cm³/mol. The summed E-state index contributed by atoms with van der Waals surface area (Å²) in [6.45, 7) is 6.47. The Hall–Kier alpha value is -2.90. The summed E-state index contributed by atoms with van der Waals surface area (Å²) in [6.07, 6.45) is 10.1. The Labute approximate surface area is 219 Å². The number of hydrogen-bond acceptors (Lipinski definition) is 5. The fraction of sp³-hybridized carbons (Fsp3) is 0.533. The maximum atomic E-state index is 13.4. The van der Waals surface area contributed by atoms with Crippen LogP contribution in [0.5, 0.6) is 0 Å². The van der Waals surface area contributed by atoms with E-state index in [-0.39, 0.29) is 11.4 Å². The molecule has 6 rings (SSSR count). The number of H-pyrrole nitrogens is 1. The Kier molecular flexibility index (Phi) is 7.16. The number of nitrogens with zero attached hydrogens (tertiary/aromatic N) is 3. The second-order valence-corrected chi connectivity index (χ2v) is 11.0. The number of morpholine rings is 1. The van der Waals surface area contributed by atoms with Crippen molar-refractivity contribution in [1.29, 1.82) is 0 Å². The average molecular weight is 502 g/mol. The van der Waals surface area contributed by atoms with Gasteiger partial charge in [0.05, 0.1) is 24.4 Å². The first-order chi connectivity index (χ1) is 18.2. The van der Waals surface area contributed by atoms with Crippen LogP contribution in [-0.4, -0.2) is 72.5 Å². The van der Waals surface area contributed by atoms with Crippen molar-refractivity contribution in [3.8, 4) is 11.3 Å². The minimum Gasteiger partial charge on any atom is -0.378 e. The topological polar surface area (TPSA) is 73.5 Å². The molecule has 2 saturated heterocycles. The average Bonchev–Trinajstić information content (AvgIpc) is 3.41.